The molecule has 29 heavy (non-hydrogen) atoms. The highest BCUT2D eigenvalue weighted by molar-refractivity contribution is 7.12. The first-order chi connectivity index (χ1) is 14.1. The summed E-state index contributed by atoms with van der Waals surface area (Å²) in [5.74, 6) is 0.440. The Balaban J connectivity index is 1.21. The molecule has 0 spiro atoms. The standard InChI is InChI=1S/C20H24N4O4S/c25-18(22-9-11-24(12-10-22)20(27)17-4-2-14-29-17)15-21-5-7-23(8-6-21)19(26)16-3-1-13-28-16/h1-4,13-14H,5-12,15H2/p+1. The molecule has 154 valence electrons. The number of carbonyl (C=O) groups excluding carboxylic acids is 3. The molecule has 0 saturated carbocycles. The van der Waals surface area contributed by atoms with Gasteiger partial charge in [-0.05, 0) is 23.6 Å². The van der Waals surface area contributed by atoms with E-state index < -0.39 is 0 Å². The Labute approximate surface area is 173 Å². The molecule has 0 aromatic carbocycles. The van der Waals surface area contributed by atoms with Gasteiger partial charge in [0.1, 0.15) is 0 Å². The molecule has 0 bridgehead atoms. The molecule has 3 amide bonds. The lowest BCUT2D eigenvalue weighted by Gasteiger charge is -2.36. The topological polar surface area (TPSA) is 78.5 Å². The van der Waals surface area contributed by atoms with Crippen LogP contribution in [-0.4, -0.2) is 91.3 Å². The zero-order valence-corrected chi connectivity index (χ0v) is 17.0. The van der Waals surface area contributed by atoms with Gasteiger partial charge in [-0.3, -0.25) is 14.4 Å². The second-order valence-corrected chi connectivity index (χ2v) is 8.29. The summed E-state index contributed by atoms with van der Waals surface area (Å²) in [5.41, 5.74) is 0. The minimum Gasteiger partial charge on any atom is -0.459 e. The molecule has 1 N–H and O–H groups in total. The predicted molar refractivity (Wildman–Crippen MR) is 107 cm³/mol. The second-order valence-electron chi connectivity index (χ2n) is 7.35. The molecule has 2 aromatic heterocycles. The van der Waals surface area contributed by atoms with Crippen LogP contribution in [0.3, 0.4) is 0 Å². The van der Waals surface area contributed by atoms with E-state index in [2.05, 4.69) is 0 Å². The number of piperazine rings is 2. The van der Waals surface area contributed by atoms with Crippen LogP contribution in [0.15, 0.2) is 40.3 Å². The molecule has 2 aromatic rings. The number of furan rings is 1. The van der Waals surface area contributed by atoms with Crippen molar-refractivity contribution in [3.63, 3.8) is 0 Å². The number of carbonyl (C=O) groups is 3. The summed E-state index contributed by atoms with van der Waals surface area (Å²) in [6, 6.07) is 7.10. The minimum atomic E-state index is -0.0908. The van der Waals surface area contributed by atoms with Gasteiger partial charge >= 0.3 is 0 Å². The number of quaternary nitrogens is 1. The first-order valence-corrected chi connectivity index (χ1v) is 10.8. The van der Waals surface area contributed by atoms with E-state index in [0.717, 1.165) is 18.0 Å². The summed E-state index contributed by atoms with van der Waals surface area (Å²) in [6.07, 6.45) is 1.50. The molecule has 4 heterocycles. The van der Waals surface area contributed by atoms with Gasteiger partial charge < -0.3 is 24.0 Å². The van der Waals surface area contributed by atoms with Crippen molar-refractivity contribution in [1.82, 2.24) is 14.7 Å². The highest BCUT2D eigenvalue weighted by Crippen LogP contribution is 2.14. The van der Waals surface area contributed by atoms with Crippen molar-refractivity contribution >= 4 is 29.1 Å². The summed E-state index contributed by atoms with van der Waals surface area (Å²) in [6.45, 7) is 5.45. The largest absolute Gasteiger partial charge is 0.459 e. The van der Waals surface area contributed by atoms with Crippen molar-refractivity contribution in [2.24, 2.45) is 0 Å². The number of amides is 3. The minimum absolute atomic E-state index is 0.0510. The maximum atomic E-state index is 12.7. The van der Waals surface area contributed by atoms with Gasteiger partial charge in [0.2, 0.25) is 0 Å². The Morgan fingerprint density at radius 2 is 1.59 bits per heavy atom. The zero-order valence-electron chi connectivity index (χ0n) is 16.2. The maximum absolute atomic E-state index is 12.7. The van der Waals surface area contributed by atoms with Gasteiger partial charge in [-0.25, -0.2) is 0 Å². The van der Waals surface area contributed by atoms with Crippen LogP contribution < -0.4 is 4.90 Å². The van der Waals surface area contributed by atoms with Crippen LogP contribution in [0.2, 0.25) is 0 Å². The fourth-order valence-electron chi connectivity index (χ4n) is 3.80. The summed E-state index contributed by atoms with van der Waals surface area (Å²) in [7, 11) is 0. The SMILES string of the molecule is O=C(C[NH+]1CCN(C(=O)c2ccco2)CC1)N1CCN(C(=O)c2cccs2)CC1. The van der Waals surface area contributed by atoms with Crippen LogP contribution in [0.4, 0.5) is 0 Å². The number of rotatable bonds is 4. The van der Waals surface area contributed by atoms with Gasteiger partial charge in [0, 0.05) is 26.2 Å². The fraction of sp³-hybridized carbons (Fsp3) is 0.450. The van der Waals surface area contributed by atoms with Crippen LogP contribution in [-0.2, 0) is 4.79 Å². The van der Waals surface area contributed by atoms with Gasteiger partial charge in [0.25, 0.3) is 17.7 Å². The Morgan fingerprint density at radius 1 is 0.897 bits per heavy atom. The van der Waals surface area contributed by atoms with Crippen LogP contribution in [0.5, 0.6) is 0 Å². The van der Waals surface area contributed by atoms with E-state index in [4.69, 9.17) is 4.42 Å². The van der Waals surface area contributed by atoms with E-state index in [-0.39, 0.29) is 17.7 Å². The zero-order chi connectivity index (χ0) is 20.2. The summed E-state index contributed by atoms with van der Waals surface area (Å²) in [4.78, 5) is 44.8. The molecule has 2 fully saturated rings. The third kappa shape index (κ3) is 4.51. The monoisotopic (exact) mass is 417 g/mol. The Hall–Kier alpha value is -2.65. The molecule has 4 rings (SSSR count). The molecule has 0 unspecified atom stereocenters. The molecule has 2 aliphatic heterocycles. The maximum Gasteiger partial charge on any atom is 0.289 e. The average molecular weight is 418 g/mol. The van der Waals surface area contributed by atoms with Crippen LogP contribution in [0.1, 0.15) is 20.2 Å². The lowest BCUT2D eigenvalue weighted by molar-refractivity contribution is -0.896. The molecular formula is C20H25N4O4S+. The first kappa shape index (κ1) is 19.7. The normalized spacial score (nSPS) is 18.1. The van der Waals surface area contributed by atoms with Gasteiger partial charge in [0.05, 0.1) is 37.3 Å². The lowest BCUT2D eigenvalue weighted by atomic mass is 10.2. The number of nitrogens with one attached hydrogen (secondary N) is 1. The number of nitrogens with zero attached hydrogens (tertiary/aromatic N) is 3. The molecule has 2 saturated heterocycles. The van der Waals surface area contributed by atoms with E-state index in [1.807, 2.05) is 27.3 Å². The van der Waals surface area contributed by atoms with Crippen LogP contribution in [0, 0.1) is 0 Å². The van der Waals surface area contributed by atoms with Gasteiger partial charge in [-0.15, -0.1) is 11.3 Å². The quantitative estimate of drug-likeness (QED) is 0.739. The van der Waals surface area contributed by atoms with Crippen molar-refractivity contribution in [2.75, 3.05) is 58.9 Å². The van der Waals surface area contributed by atoms with Gasteiger partial charge in [-0.1, -0.05) is 6.07 Å². The lowest BCUT2D eigenvalue weighted by Crippen LogP contribution is -3.15. The van der Waals surface area contributed by atoms with E-state index in [9.17, 15) is 14.4 Å². The van der Waals surface area contributed by atoms with Gasteiger partial charge in [0.15, 0.2) is 12.3 Å². The van der Waals surface area contributed by atoms with Crippen molar-refractivity contribution in [1.29, 1.82) is 0 Å². The van der Waals surface area contributed by atoms with Crippen molar-refractivity contribution in [2.45, 2.75) is 0 Å². The molecule has 0 radical (unpaired) electrons. The fourth-order valence-corrected chi connectivity index (χ4v) is 4.49. The molecule has 8 nitrogen and oxygen atoms in total. The smallest absolute Gasteiger partial charge is 0.289 e. The molecule has 0 atom stereocenters. The van der Waals surface area contributed by atoms with Crippen LogP contribution in [0.25, 0.3) is 0 Å². The Morgan fingerprint density at radius 3 is 2.21 bits per heavy atom. The Bertz CT molecular complexity index is 836. The molecule has 0 aliphatic carbocycles. The van der Waals surface area contributed by atoms with Crippen molar-refractivity contribution in [3.05, 3.63) is 46.5 Å². The number of hydrogen-bond acceptors (Lipinski definition) is 5. The summed E-state index contributed by atoms with van der Waals surface area (Å²) in [5, 5.41) is 1.90. The van der Waals surface area contributed by atoms with Crippen molar-refractivity contribution in [3.8, 4) is 0 Å². The third-order valence-corrected chi connectivity index (χ3v) is 6.40. The van der Waals surface area contributed by atoms with Gasteiger partial charge in [-0.2, -0.15) is 0 Å². The number of thiophene rings is 1. The van der Waals surface area contributed by atoms with E-state index in [1.54, 1.807) is 17.0 Å². The Kier molecular flexibility index (Phi) is 5.96. The molecule has 9 heteroatoms. The summed E-state index contributed by atoms with van der Waals surface area (Å²) < 4.78 is 5.18. The van der Waals surface area contributed by atoms with E-state index >= 15 is 0 Å². The number of hydrogen-bond donors (Lipinski definition) is 1. The second kappa shape index (κ2) is 8.79. The first-order valence-electron chi connectivity index (χ1n) is 9.89. The predicted octanol–water partition coefficient (Wildman–Crippen LogP) is -0.334. The van der Waals surface area contributed by atoms with E-state index in [0.29, 0.717) is 51.6 Å². The third-order valence-electron chi connectivity index (χ3n) is 5.54. The highest BCUT2D eigenvalue weighted by Gasteiger charge is 2.30. The molecule has 2 aliphatic rings. The highest BCUT2D eigenvalue weighted by atomic mass is 32.1. The van der Waals surface area contributed by atoms with Crippen molar-refractivity contribution < 1.29 is 23.7 Å². The summed E-state index contributed by atoms with van der Waals surface area (Å²) >= 11 is 1.45. The van der Waals surface area contributed by atoms with Crippen LogP contribution >= 0.6 is 11.3 Å². The van der Waals surface area contributed by atoms with E-state index in [1.165, 1.54) is 22.5 Å². The average Bonchev–Trinajstić information content (AvgIpc) is 3.47. The molecular weight excluding hydrogens is 392 g/mol.